The molecule has 16 heavy (non-hydrogen) atoms. The minimum Gasteiger partial charge on any atom is -0.478 e. The number of fused-ring (bicyclic) bond motifs is 1. The van der Waals surface area contributed by atoms with Crippen LogP contribution in [0.4, 0.5) is 4.39 Å². The quantitative estimate of drug-likeness (QED) is 0.843. The van der Waals surface area contributed by atoms with Crippen LogP contribution in [0.15, 0.2) is 12.1 Å². The fourth-order valence-corrected chi connectivity index (χ4v) is 1.50. The Balaban J connectivity index is 2.71. The van der Waals surface area contributed by atoms with Crippen molar-refractivity contribution in [2.45, 2.75) is 19.9 Å². The third kappa shape index (κ3) is 1.52. The molecule has 6 heteroatoms. The highest BCUT2D eigenvalue weighted by Crippen LogP contribution is 2.19. The molecule has 0 spiro atoms. The molecular weight excluding hydrogens is 213 g/mol. The van der Waals surface area contributed by atoms with Crippen molar-refractivity contribution in [3.63, 3.8) is 0 Å². The Hall–Kier alpha value is -1.98. The van der Waals surface area contributed by atoms with E-state index < -0.39 is 11.8 Å². The van der Waals surface area contributed by atoms with Crippen molar-refractivity contribution in [3.8, 4) is 0 Å². The van der Waals surface area contributed by atoms with Crippen LogP contribution >= 0.6 is 0 Å². The minimum absolute atomic E-state index is 0.0417. The molecule has 2 aromatic rings. The molecule has 1 heterocycles. The molecule has 1 N–H and O–H groups in total. The second kappa shape index (κ2) is 3.55. The average Bonchev–Trinajstić information content (AvgIpc) is 2.58. The topological polar surface area (TPSA) is 68.0 Å². The van der Waals surface area contributed by atoms with E-state index in [-0.39, 0.29) is 11.6 Å². The summed E-state index contributed by atoms with van der Waals surface area (Å²) in [4.78, 5) is 10.7. The van der Waals surface area contributed by atoms with Gasteiger partial charge >= 0.3 is 5.97 Å². The van der Waals surface area contributed by atoms with Gasteiger partial charge in [-0.25, -0.2) is 13.9 Å². The lowest BCUT2D eigenvalue weighted by Gasteiger charge is -2.05. The average molecular weight is 223 g/mol. The van der Waals surface area contributed by atoms with Crippen molar-refractivity contribution in [2.24, 2.45) is 0 Å². The Morgan fingerprint density at radius 2 is 2.19 bits per heavy atom. The van der Waals surface area contributed by atoms with Gasteiger partial charge in [-0.15, -0.1) is 5.10 Å². The lowest BCUT2D eigenvalue weighted by Crippen LogP contribution is -2.04. The van der Waals surface area contributed by atoms with Gasteiger partial charge in [-0.05, 0) is 19.9 Å². The SMILES string of the molecule is CC(C)n1nnc2cc(C(=O)O)c(F)cc21. The first-order valence-electron chi connectivity index (χ1n) is 4.78. The minimum atomic E-state index is -1.31. The molecule has 0 aliphatic rings. The molecule has 0 bridgehead atoms. The highest BCUT2D eigenvalue weighted by Gasteiger charge is 2.15. The molecule has 1 aromatic heterocycles. The maximum Gasteiger partial charge on any atom is 0.338 e. The van der Waals surface area contributed by atoms with Crippen LogP contribution < -0.4 is 0 Å². The molecule has 0 atom stereocenters. The molecule has 5 nitrogen and oxygen atoms in total. The largest absolute Gasteiger partial charge is 0.478 e. The van der Waals surface area contributed by atoms with Crippen molar-refractivity contribution >= 4 is 17.0 Å². The number of aromatic nitrogens is 3. The van der Waals surface area contributed by atoms with Gasteiger partial charge in [0.25, 0.3) is 0 Å². The standard InChI is InChI=1S/C10H10FN3O2/c1-5(2)14-9-4-7(11)6(10(15)16)3-8(9)12-13-14/h3-5H,1-2H3,(H,15,16). The third-order valence-corrected chi connectivity index (χ3v) is 2.28. The van der Waals surface area contributed by atoms with Gasteiger partial charge < -0.3 is 5.11 Å². The molecule has 0 fully saturated rings. The summed E-state index contributed by atoms with van der Waals surface area (Å²) in [6, 6.07) is 2.39. The lowest BCUT2D eigenvalue weighted by atomic mass is 10.2. The van der Waals surface area contributed by atoms with Crippen LogP contribution in [0.3, 0.4) is 0 Å². The number of hydrogen-bond donors (Lipinski definition) is 1. The van der Waals surface area contributed by atoms with Gasteiger partial charge in [-0.3, -0.25) is 0 Å². The van der Waals surface area contributed by atoms with Gasteiger partial charge in [-0.2, -0.15) is 0 Å². The summed E-state index contributed by atoms with van der Waals surface area (Å²) in [5.74, 6) is -2.08. The Morgan fingerprint density at radius 1 is 1.50 bits per heavy atom. The maximum atomic E-state index is 13.4. The highest BCUT2D eigenvalue weighted by molar-refractivity contribution is 5.92. The number of carboxylic acid groups (broad SMARTS) is 1. The molecular formula is C10H10FN3O2. The van der Waals surface area contributed by atoms with Crippen LogP contribution in [0, 0.1) is 5.82 Å². The summed E-state index contributed by atoms with van der Waals surface area (Å²) in [6.07, 6.45) is 0. The third-order valence-electron chi connectivity index (χ3n) is 2.28. The number of halogens is 1. The smallest absolute Gasteiger partial charge is 0.338 e. The van der Waals surface area contributed by atoms with Crippen LogP contribution in [0.5, 0.6) is 0 Å². The summed E-state index contributed by atoms with van der Waals surface area (Å²) in [7, 11) is 0. The van der Waals surface area contributed by atoms with E-state index in [0.717, 1.165) is 6.07 Å². The van der Waals surface area contributed by atoms with E-state index in [1.165, 1.54) is 6.07 Å². The number of carboxylic acids is 1. The summed E-state index contributed by atoms with van der Waals surface area (Å²) in [5, 5.41) is 16.4. The predicted molar refractivity (Wildman–Crippen MR) is 54.8 cm³/mol. The Labute approximate surface area is 90.5 Å². The summed E-state index contributed by atoms with van der Waals surface area (Å²) >= 11 is 0. The molecule has 0 aliphatic heterocycles. The molecule has 0 unspecified atom stereocenters. The van der Waals surface area contributed by atoms with Gasteiger partial charge in [0.1, 0.15) is 11.3 Å². The number of benzene rings is 1. The van der Waals surface area contributed by atoms with Crippen LogP contribution in [0.1, 0.15) is 30.2 Å². The zero-order valence-corrected chi connectivity index (χ0v) is 8.81. The lowest BCUT2D eigenvalue weighted by molar-refractivity contribution is 0.0692. The summed E-state index contributed by atoms with van der Waals surface area (Å²) < 4.78 is 15.0. The van der Waals surface area contributed by atoms with E-state index in [1.807, 2.05) is 13.8 Å². The second-order valence-electron chi connectivity index (χ2n) is 3.75. The molecule has 0 amide bonds. The number of aromatic carboxylic acids is 1. The maximum absolute atomic E-state index is 13.4. The van der Waals surface area contributed by atoms with Crippen molar-refractivity contribution < 1.29 is 14.3 Å². The van der Waals surface area contributed by atoms with Gasteiger partial charge in [0.15, 0.2) is 0 Å². The van der Waals surface area contributed by atoms with Crippen molar-refractivity contribution in [3.05, 3.63) is 23.5 Å². The Bertz CT molecular complexity index is 562. The summed E-state index contributed by atoms with van der Waals surface area (Å²) in [6.45, 7) is 3.77. The number of carbonyl (C=O) groups is 1. The number of nitrogens with zero attached hydrogens (tertiary/aromatic N) is 3. The zero-order valence-electron chi connectivity index (χ0n) is 8.81. The number of rotatable bonds is 2. The van der Waals surface area contributed by atoms with Gasteiger partial charge in [0.05, 0.1) is 11.1 Å². The van der Waals surface area contributed by atoms with Crippen LogP contribution in [0.25, 0.3) is 11.0 Å². The Kier molecular flexibility index (Phi) is 2.34. The van der Waals surface area contributed by atoms with Gasteiger partial charge in [-0.1, -0.05) is 5.21 Å². The Morgan fingerprint density at radius 3 is 2.75 bits per heavy atom. The van der Waals surface area contributed by atoms with E-state index in [2.05, 4.69) is 10.3 Å². The highest BCUT2D eigenvalue weighted by atomic mass is 19.1. The van der Waals surface area contributed by atoms with E-state index in [9.17, 15) is 9.18 Å². The van der Waals surface area contributed by atoms with Crippen LogP contribution in [-0.4, -0.2) is 26.1 Å². The van der Waals surface area contributed by atoms with Crippen molar-refractivity contribution in [1.82, 2.24) is 15.0 Å². The first-order chi connectivity index (χ1) is 7.50. The monoisotopic (exact) mass is 223 g/mol. The molecule has 0 radical (unpaired) electrons. The van der Waals surface area contributed by atoms with E-state index in [4.69, 9.17) is 5.11 Å². The first kappa shape index (κ1) is 10.5. The molecule has 0 saturated carbocycles. The normalized spacial score (nSPS) is 11.2. The van der Waals surface area contributed by atoms with Crippen molar-refractivity contribution in [1.29, 1.82) is 0 Å². The van der Waals surface area contributed by atoms with Crippen molar-refractivity contribution in [2.75, 3.05) is 0 Å². The molecule has 1 aromatic carbocycles. The van der Waals surface area contributed by atoms with Gasteiger partial charge in [0.2, 0.25) is 0 Å². The van der Waals surface area contributed by atoms with Gasteiger partial charge in [0, 0.05) is 12.1 Å². The molecule has 0 aliphatic carbocycles. The number of hydrogen-bond acceptors (Lipinski definition) is 3. The van der Waals surface area contributed by atoms with E-state index >= 15 is 0 Å². The van der Waals surface area contributed by atoms with E-state index in [0.29, 0.717) is 11.0 Å². The molecule has 2 rings (SSSR count). The molecule has 0 saturated heterocycles. The van der Waals surface area contributed by atoms with Crippen LogP contribution in [0.2, 0.25) is 0 Å². The predicted octanol–water partition coefficient (Wildman–Crippen LogP) is 1.85. The fraction of sp³-hybridized carbons (Fsp3) is 0.300. The second-order valence-corrected chi connectivity index (χ2v) is 3.75. The first-order valence-corrected chi connectivity index (χ1v) is 4.78. The van der Waals surface area contributed by atoms with Crippen LogP contribution in [-0.2, 0) is 0 Å². The summed E-state index contributed by atoms with van der Waals surface area (Å²) in [5.41, 5.74) is 0.494. The molecule has 84 valence electrons. The van der Waals surface area contributed by atoms with E-state index in [1.54, 1.807) is 4.68 Å². The fourth-order valence-electron chi connectivity index (χ4n) is 1.50. The zero-order chi connectivity index (χ0) is 11.9.